The fraction of sp³-hybridized carbons (Fsp3) is 0.571. The molecule has 0 aromatic heterocycles. The molecule has 1 saturated heterocycles. The topological polar surface area (TPSA) is 24.5 Å². The maximum absolute atomic E-state index is 5.84. The van der Waals surface area contributed by atoms with Gasteiger partial charge in [0.05, 0.1) is 18.3 Å². The van der Waals surface area contributed by atoms with E-state index in [-0.39, 0.29) is 0 Å². The van der Waals surface area contributed by atoms with Crippen LogP contribution in [0.25, 0.3) is 0 Å². The van der Waals surface area contributed by atoms with Crippen molar-refractivity contribution in [1.29, 1.82) is 0 Å². The minimum atomic E-state index is 0.586. The third-order valence-electron chi connectivity index (χ3n) is 3.81. The van der Waals surface area contributed by atoms with Gasteiger partial charge in [-0.3, -0.25) is 0 Å². The van der Waals surface area contributed by atoms with E-state index in [1.807, 2.05) is 11.8 Å². The van der Waals surface area contributed by atoms with Crippen LogP contribution in [0.3, 0.4) is 0 Å². The Bertz CT molecular complexity index is 413. The molecular weight excluding hydrogens is 244 g/mol. The summed E-state index contributed by atoms with van der Waals surface area (Å²) in [5, 5.41) is 4.20. The number of rotatable bonds is 2. The predicted molar refractivity (Wildman–Crippen MR) is 77.9 cm³/mol. The predicted octanol–water partition coefficient (Wildman–Crippen LogP) is 1.98. The summed E-state index contributed by atoms with van der Waals surface area (Å²) in [6, 6.07) is 9.03. The van der Waals surface area contributed by atoms with E-state index in [1.54, 1.807) is 0 Å². The van der Waals surface area contributed by atoms with Crippen LogP contribution in [0, 0.1) is 0 Å². The van der Waals surface area contributed by atoms with E-state index in [0.717, 1.165) is 38.4 Å². The van der Waals surface area contributed by atoms with Gasteiger partial charge in [0.1, 0.15) is 5.75 Å². The molecule has 2 heterocycles. The lowest BCUT2D eigenvalue weighted by Crippen LogP contribution is -2.42. The van der Waals surface area contributed by atoms with Crippen molar-refractivity contribution in [3.8, 4) is 5.75 Å². The van der Waals surface area contributed by atoms with Gasteiger partial charge in [-0.15, -0.1) is 0 Å². The summed E-state index contributed by atoms with van der Waals surface area (Å²) in [6.07, 6.45) is 3.32. The molecule has 2 aliphatic heterocycles. The molecule has 1 N–H and O–H groups in total. The SMILES string of the molecule is CSC1CNCC1N1CCCOc2ccccc21. The highest BCUT2D eigenvalue weighted by Gasteiger charge is 2.33. The normalized spacial score (nSPS) is 27.5. The van der Waals surface area contributed by atoms with E-state index in [0.29, 0.717) is 11.3 Å². The van der Waals surface area contributed by atoms with Crippen LogP contribution in [0.2, 0.25) is 0 Å². The van der Waals surface area contributed by atoms with E-state index in [2.05, 4.69) is 40.7 Å². The van der Waals surface area contributed by atoms with E-state index in [1.165, 1.54) is 5.69 Å². The standard InChI is InChI=1S/C14H20N2OS/c1-18-14-10-15-9-12(14)16-7-4-8-17-13-6-3-2-5-11(13)16/h2-3,5-6,12,14-15H,4,7-10H2,1H3. The Kier molecular flexibility index (Phi) is 3.66. The van der Waals surface area contributed by atoms with Gasteiger partial charge in [-0.05, 0) is 24.8 Å². The lowest BCUT2D eigenvalue weighted by atomic mass is 10.1. The molecule has 0 amide bonds. The maximum atomic E-state index is 5.84. The Morgan fingerprint density at radius 1 is 1.33 bits per heavy atom. The highest BCUT2D eigenvalue weighted by atomic mass is 32.2. The Morgan fingerprint density at radius 2 is 2.22 bits per heavy atom. The van der Waals surface area contributed by atoms with Gasteiger partial charge in [-0.2, -0.15) is 11.8 Å². The van der Waals surface area contributed by atoms with E-state index in [9.17, 15) is 0 Å². The Labute approximate surface area is 113 Å². The van der Waals surface area contributed by atoms with Crippen LogP contribution in [0.15, 0.2) is 24.3 Å². The highest BCUT2D eigenvalue weighted by Crippen LogP contribution is 2.34. The number of nitrogens with zero attached hydrogens (tertiary/aromatic N) is 1. The van der Waals surface area contributed by atoms with Gasteiger partial charge in [-0.25, -0.2) is 0 Å². The zero-order chi connectivity index (χ0) is 12.4. The molecule has 4 heteroatoms. The molecule has 0 bridgehead atoms. The largest absolute Gasteiger partial charge is 0.491 e. The van der Waals surface area contributed by atoms with Crippen molar-refractivity contribution < 1.29 is 4.74 Å². The first-order valence-corrected chi connectivity index (χ1v) is 7.91. The summed E-state index contributed by atoms with van der Waals surface area (Å²) in [6.45, 7) is 4.13. The average molecular weight is 264 g/mol. The fourth-order valence-corrected chi connectivity index (χ4v) is 3.73. The van der Waals surface area contributed by atoms with Gasteiger partial charge >= 0.3 is 0 Å². The van der Waals surface area contributed by atoms with Gasteiger partial charge in [0.25, 0.3) is 0 Å². The average Bonchev–Trinajstić information content (AvgIpc) is 2.78. The Balaban J connectivity index is 1.91. The lowest BCUT2D eigenvalue weighted by molar-refractivity contribution is 0.322. The molecule has 2 aliphatic rings. The van der Waals surface area contributed by atoms with Crippen molar-refractivity contribution in [2.75, 3.05) is 37.4 Å². The number of benzene rings is 1. The molecular formula is C14H20N2OS. The van der Waals surface area contributed by atoms with E-state index >= 15 is 0 Å². The summed E-state index contributed by atoms with van der Waals surface area (Å²) in [4.78, 5) is 2.55. The second kappa shape index (κ2) is 5.41. The number of nitrogens with one attached hydrogen (secondary N) is 1. The number of hydrogen-bond donors (Lipinski definition) is 1. The quantitative estimate of drug-likeness (QED) is 0.883. The van der Waals surface area contributed by atoms with Crippen molar-refractivity contribution in [3.63, 3.8) is 0 Å². The summed E-state index contributed by atoms with van der Waals surface area (Å²) in [7, 11) is 0. The number of fused-ring (bicyclic) bond motifs is 1. The van der Waals surface area contributed by atoms with Crippen LogP contribution in [-0.2, 0) is 0 Å². The maximum Gasteiger partial charge on any atom is 0.142 e. The highest BCUT2D eigenvalue weighted by molar-refractivity contribution is 7.99. The first kappa shape index (κ1) is 12.2. The number of ether oxygens (including phenoxy) is 1. The van der Waals surface area contributed by atoms with E-state index in [4.69, 9.17) is 4.74 Å². The summed E-state index contributed by atoms with van der Waals surface area (Å²) in [5.41, 5.74) is 1.27. The molecule has 0 saturated carbocycles. The molecule has 98 valence electrons. The van der Waals surface area contributed by atoms with Crippen molar-refractivity contribution in [3.05, 3.63) is 24.3 Å². The van der Waals surface area contributed by atoms with Gasteiger partial charge in [0.2, 0.25) is 0 Å². The molecule has 18 heavy (non-hydrogen) atoms. The number of anilines is 1. The third-order valence-corrected chi connectivity index (χ3v) is 4.89. The van der Waals surface area contributed by atoms with Crippen LogP contribution in [0.5, 0.6) is 5.75 Å². The van der Waals surface area contributed by atoms with Crippen molar-refractivity contribution >= 4 is 17.4 Å². The van der Waals surface area contributed by atoms with Crippen molar-refractivity contribution in [2.45, 2.75) is 17.7 Å². The molecule has 1 aromatic rings. The van der Waals surface area contributed by atoms with Crippen LogP contribution in [-0.4, -0.2) is 43.8 Å². The molecule has 1 aromatic carbocycles. The smallest absolute Gasteiger partial charge is 0.142 e. The molecule has 2 atom stereocenters. The third kappa shape index (κ3) is 2.19. The molecule has 3 nitrogen and oxygen atoms in total. The molecule has 0 aliphatic carbocycles. The van der Waals surface area contributed by atoms with Crippen LogP contribution in [0.1, 0.15) is 6.42 Å². The second-order valence-electron chi connectivity index (χ2n) is 4.86. The van der Waals surface area contributed by atoms with Gasteiger partial charge in [0.15, 0.2) is 0 Å². The second-order valence-corrected chi connectivity index (χ2v) is 5.94. The first-order chi connectivity index (χ1) is 8.90. The molecule has 0 radical (unpaired) electrons. The van der Waals surface area contributed by atoms with Crippen molar-refractivity contribution in [1.82, 2.24) is 5.32 Å². The van der Waals surface area contributed by atoms with Crippen LogP contribution < -0.4 is 15.0 Å². The number of para-hydroxylation sites is 2. The Morgan fingerprint density at radius 3 is 3.11 bits per heavy atom. The summed E-state index contributed by atoms with van der Waals surface area (Å²) < 4.78 is 5.84. The number of thioether (sulfide) groups is 1. The summed E-state index contributed by atoms with van der Waals surface area (Å²) >= 11 is 1.97. The molecule has 2 unspecified atom stereocenters. The van der Waals surface area contributed by atoms with Gasteiger partial charge in [0, 0.05) is 24.9 Å². The Hall–Kier alpha value is -0.870. The van der Waals surface area contributed by atoms with Gasteiger partial charge < -0.3 is 15.0 Å². The minimum absolute atomic E-state index is 0.586. The zero-order valence-corrected chi connectivity index (χ0v) is 11.6. The summed E-state index contributed by atoms with van der Waals surface area (Å²) in [5.74, 6) is 1.04. The number of hydrogen-bond acceptors (Lipinski definition) is 4. The fourth-order valence-electron chi connectivity index (χ4n) is 2.89. The molecule has 1 fully saturated rings. The monoisotopic (exact) mass is 264 g/mol. The lowest BCUT2D eigenvalue weighted by Gasteiger charge is -2.33. The van der Waals surface area contributed by atoms with Crippen molar-refractivity contribution in [2.24, 2.45) is 0 Å². The van der Waals surface area contributed by atoms with Crippen LogP contribution in [0.4, 0.5) is 5.69 Å². The van der Waals surface area contributed by atoms with E-state index < -0.39 is 0 Å². The first-order valence-electron chi connectivity index (χ1n) is 6.62. The van der Waals surface area contributed by atoms with Gasteiger partial charge in [-0.1, -0.05) is 12.1 Å². The van der Waals surface area contributed by atoms with Crippen LogP contribution >= 0.6 is 11.8 Å². The minimum Gasteiger partial charge on any atom is -0.491 e. The zero-order valence-electron chi connectivity index (χ0n) is 10.8. The molecule has 0 spiro atoms. The molecule has 3 rings (SSSR count).